The molecule has 100 valence electrons. The van der Waals surface area contributed by atoms with Crippen molar-refractivity contribution in [3.8, 4) is 11.5 Å². The summed E-state index contributed by atoms with van der Waals surface area (Å²) in [6, 6.07) is 6.71. The average molecular weight is 267 g/mol. The van der Waals surface area contributed by atoms with Gasteiger partial charge < -0.3 is 10.5 Å². The first-order valence-corrected chi connectivity index (χ1v) is 5.71. The van der Waals surface area contributed by atoms with Crippen LogP contribution in [0, 0.1) is 17.5 Å². The number of nitrogens with two attached hydrogens (primary N) is 1. The van der Waals surface area contributed by atoms with E-state index in [1.807, 2.05) is 0 Å². The van der Waals surface area contributed by atoms with Gasteiger partial charge in [0, 0.05) is 6.07 Å². The van der Waals surface area contributed by atoms with Crippen LogP contribution >= 0.6 is 0 Å². The Labute approximate surface area is 108 Å². The van der Waals surface area contributed by atoms with Crippen LogP contribution in [-0.2, 0) is 6.42 Å². The Bertz CT molecular complexity index is 587. The van der Waals surface area contributed by atoms with Gasteiger partial charge in [-0.15, -0.1) is 0 Å². The Balaban J connectivity index is 2.34. The Morgan fingerprint density at radius 1 is 0.895 bits per heavy atom. The Morgan fingerprint density at radius 3 is 2.32 bits per heavy atom. The van der Waals surface area contributed by atoms with Gasteiger partial charge in [-0.1, -0.05) is 0 Å². The first-order chi connectivity index (χ1) is 9.10. The third-order valence-electron chi connectivity index (χ3n) is 2.55. The van der Waals surface area contributed by atoms with Gasteiger partial charge in [-0.25, -0.2) is 13.2 Å². The molecule has 2 rings (SSSR count). The molecule has 0 aromatic heterocycles. The quantitative estimate of drug-likeness (QED) is 0.921. The van der Waals surface area contributed by atoms with Gasteiger partial charge in [0.25, 0.3) is 0 Å². The van der Waals surface area contributed by atoms with Crippen molar-refractivity contribution in [2.24, 2.45) is 5.73 Å². The van der Waals surface area contributed by atoms with Gasteiger partial charge in [-0.2, -0.15) is 0 Å². The average Bonchev–Trinajstić information content (AvgIpc) is 2.37. The summed E-state index contributed by atoms with van der Waals surface area (Å²) in [6.45, 7) is 0.297. The standard InChI is InChI=1S/C14H12F3NO/c15-10-2-4-13(9(7-10)5-6-18)19-14-8-11(16)1-3-12(14)17/h1-4,7-8H,5-6,18H2. The van der Waals surface area contributed by atoms with Crippen LogP contribution in [0.15, 0.2) is 36.4 Å². The molecule has 0 heterocycles. The molecule has 0 atom stereocenters. The molecule has 0 unspecified atom stereocenters. The maximum atomic E-state index is 13.5. The molecule has 0 saturated heterocycles. The Kier molecular flexibility index (Phi) is 4.06. The summed E-state index contributed by atoms with van der Waals surface area (Å²) in [5.41, 5.74) is 5.92. The van der Waals surface area contributed by atoms with Gasteiger partial charge in [0.1, 0.15) is 17.4 Å². The van der Waals surface area contributed by atoms with Gasteiger partial charge >= 0.3 is 0 Å². The van der Waals surface area contributed by atoms with Crippen LogP contribution in [0.2, 0.25) is 0 Å². The molecule has 19 heavy (non-hydrogen) atoms. The van der Waals surface area contributed by atoms with Crippen LogP contribution in [0.3, 0.4) is 0 Å². The highest BCUT2D eigenvalue weighted by Gasteiger charge is 2.10. The van der Waals surface area contributed by atoms with E-state index in [9.17, 15) is 13.2 Å². The number of hydrogen-bond acceptors (Lipinski definition) is 2. The van der Waals surface area contributed by atoms with Crippen molar-refractivity contribution in [3.63, 3.8) is 0 Å². The number of halogens is 3. The van der Waals surface area contributed by atoms with E-state index in [4.69, 9.17) is 10.5 Å². The number of benzene rings is 2. The molecule has 0 spiro atoms. The monoisotopic (exact) mass is 267 g/mol. The van der Waals surface area contributed by atoms with E-state index < -0.39 is 17.5 Å². The van der Waals surface area contributed by atoms with Crippen molar-refractivity contribution >= 4 is 0 Å². The molecule has 0 fully saturated rings. The molecule has 2 nitrogen and oxygen atoms in total. The summed E-state index contributed by atoms with van der Waals surface area (Å²) >= 11 is 0. The predicted molar refractivity (Wildman–Crippen MR) is 65.6 cm³/mol. The summed E-state index contributed by atoms with van der Waals surface area (Å²) in [4.78, 5) is 0. The summed E-state index contributed by atoms with van der Waals surface area (Å²) in [5.74, 6) is -1.72. The highest BCUT2D eigenvalue weighted by Crippen LogP contribution is 2.28. The molecule has 0 bridgehead atoms. The van der Waals surface area contributed by atoms with Gasteiger partial charge in [0.15, 0.2) is 11.6 Å². The lowest BCUT2D eigenvalue weighted by Crippen LogP contribution is -2.04. The third kappa shape index (κ3) is 3.26. The van der Waals surface area contributed by atoms with E-state index in [1.54, 1.807) is 0 Å². The Hall–Kier alpha value is -2.01. The molecule has 0 radical (unpaired) electrons. The molecule has 0 aliphatic heterocycles. The van der Waals surface area contributed by atoms with Crippen LogP contribution in [0.4, 0.5) is 13.2 Å². The molecular formula is C14H12F3NO. The summed E-state index contributed by atoms with van der Waals surface area (Å²) in [7, 11) is 0. The molecule has 2 aromatic rings. The van der Waals surface area contributed by atoms with E-state index in [0.717, 1.165) is 18.2 Å². The SMILES string of the molecule is NCCc1cc(F)ccc1Oc1cc(F)ccc1F. The predicted octanol–water partition coefficient (Wildman–Crippen LogP) is 3.40. The van der Waals surface area contributed by atoms with Crippen LogP contribution in [0.1, 0.15) is 5.56 Å². The van der Waals surface area contributed by atoms with Gasteiger partial charge in [0.05, 0.1) is 0 Å². The summed E-state index contributed by atoms with van der Waals surface area (Å²) in [5, 5.41) is 0. The van der Waals surface area contributed by atoms with E-state index in [0.29, 0.717) is 18.5 Å². The second kappa shape index (κ2) is 5.75. The van der Waals surface area contributed by atoms with Crippen LogP contribution in [0.25, 0.3) is 0 Å². The molecule has 0 saturated carbocycles. The second-order valence-corrected chi connectivity index (χ2v) is 3.97. The fourth-order valence-electron chi connectivity index (χ4n) is 1.67. The van der Waals surface area contributed by atoms with Crippen molar-refractivity contribution < 1.29 is 17.9 Å². The van der Waals surface area contributed by atoms with E-state index in [2.05, 4.69) is 0 Å². The van der Waals surface area contributed by atoms with Crippen molar-refractivity contribution in [1.29, 1.82) is 0 Å². The molecular weight excluding hydrogens is 255 g/mol. The summed E-state index contributed by atoms with van der Waals surface area (Å²) < 4.78 is 44.9. The normalized spacial score (nSPS) is 10.5. The first-order valence-electron chi connectivity index (χ1n) is 5.71. The van der Waals surface area contributed by atoms with Crippen molar-refractivity contribution in [2.75, 3.05) is 6.54 Å². The maximum Gasteiger partial charge on any atom is 0.165 e. The van der Waals surface area contributed by atoms with Crippen molar-refractivity contribution in [2.45, 2.75) is 6.42 Å². The van der Waals surface area contributed by atoms with Crippen LogP contribution < -0.4 is 10.5 Å². The lowest BCUT2D eigenvalue weighted by molar-refractivity contribution is 0.431. The fraction of sp³-hybridized carbons (Fsp3) is 0.143. The lowest BCUT2D eigenvalue weighted by atomic mass is 10.1. The molecule has 0 amide bonds. The summed E-state index contributed by atoms with van der Waals surface area (Å²) in [6.07, 6.45) is 0.379. The minimum Gasteiger partial charge on any atom is -0.454 e. The first kappa shape index (κ1) is 13.4. The number of ether oxygens (including phenoxy) is 1. The second-order valence-electron chi connectivity index (χ2n) is 3.97. The topological polar surface area (TPSA) is 35.2 Å². The largest absolute Gasteiger partial charge is 0.454 e. The van der Waals surface area contributed by atoms with E-state index >= 15 is 0 Å². The molecule has 0 aliphatic rings. The molecule has 2 N–H and O–H groups in total. The van der Waals surface area contributed by atoms with Crippen LogP contribution in [0.5, 0.6) is 11.5 Å². The highest BCUT2D eigenvalue weighted by atomic mass is 19.1. The Morgan fingerprint density at radius 2 is 1.58 bits per heavy atom. The fourth-order valence-corrected chi connectivity index (χ4v) is 1.67. The molecule has 5 heteroatoms. The van der Waals surface area contributed by atoms with Gasteiger partial charge in [0.2, 0.25) is 0 Å². The smallest absolute Gasteiger partial charge is 0.165 e. The zero-order valence-electron chi connectivity index (χ0n) is 10.00. The van der Waals surface area contributed by atoms with Gasteiger partial charge in [-0.3, -0.25) is 0 Å². The number of rotatable bonds is 4. The lowest BCUT2D eigenvalue weighted by Gasteiger charge is -2.11. The van der Waals surface area contributed by atoms with Crippen molar-refractivity contribution in [3.05, 3.63) is 59.4 Å². The molecule has 2 aromatic carbocycles. The van der Waals surface area contributed by atoms with Gasteiger partial charge in [-0.05, 0) is 48.9 Å². The minimum atomic E-state index is -0.690. The van der Waals surface area contributed by atoms with E-state index in [1.165, 1.54) is 18.2 Å². The van der Waals surface area contributed by atoms with Crippen molar-refractivity contribution in [1.82, 2.24) is 0 Å². The molecule has 0 aliphatic carbocycles. The third-order valence-corrected chi connectivity index (χ3v) is 2.55. The number of hydrogen-bond donors (Lipinski definition) is 1. The van der Waals surface area contributed by atoms with Crippen LogP contribution in [-0.4, -0.2) is 6.54 Å². The van der Waals surface area contributed by atoms with E-state index in [-0.39, 0.29) is 11.5 Å². The zero-order valence-corrected chi connectivity index (χ0v) is 10.00. The maximum absolute atomic E-state index is 13.5. The zero-order chi connectivity index (χ0) is 13.8. The minimum absolute atomic E-state index is 0.245. The highest BCUT2D eigenvalue weighted by molar-refractivity contribution is 5.39.